The van der Waals surface area contributed by atoms with Crippen molar-refractivity contribution in [2.75, 3.05) is 34.2 Å². The van der Waals surface area contributed by atoms with Crippen molar-refractivity contribution in [3.05, 3.63) is 34.6 Å². The van der Waals surface area contributed by atoms with Gasteiger partial charge in [-0.25, -0.2) is 9.38 Å². The van der Waals surface area contributed by atoms with Gasteiger partial charge < -0.3 is 15.5 Å². The molecular formula is C19H30ClFIN5O. The molecule has 1 saturated heterocycles. The number of aliphatic imine (C=N–C) groups is 1. The Kier molecular flexibility index (Phi) is 9.92. The summed E-state index contributed by atoms with van der Waals surface area (Å²) < 4.78 is 14.0. The van der Waals surface area contributed by atoms with Crippen molar-refractivity contribution in [2.24, 2.45) is 4.99 Å². The number of rotatable bonds is 5. The standard InChI is InChI=1S/C19H29ClFN5O.HI/c1-12(2)23-19(22-11-17(27)25(3)4)24-16-8-9-26(5)18(16)13-6-7-14(20)15(21)10-13;/h6-7,10,12,16,18H,8-9,11H2,1-5H3,(H2,22,23,24);1H. The monoisotopic (exact) mass is 525 g/mol. The quantitative estimate of drug-likeness (QED) is 0.353. The number of carbonyl (C=O) groups excluding carboxylic acids is 1. The lowest BCUT2D eigenvalue weighted by molar-refractivity contribution is -0.127. The van der Waals surface area contributed by atoms with Gasteiger partial charge in [0.2, 0.25) is 5.91 Å². The number of amides is 1. The maximum absolute atomic E-state index is 14.0. The molecule has 0 aromatic heterocycles. The Balaban J connectivity index is 0.00000392. The van der Waals surface area contributed by atoms with Crippen LogP contribution < -0.4 is 10.6 Å². The Labute approximate surface area is 188 Å². The normalized spacial score (nSPS) is 20.1. The number of carbonyl (C=O) groups is 1. The molecule has 1 amide bonds. The largest absolute Gasteiger partial charge is 0.354 e. The summed E-state index contributed by atoms with van der Waals surface area (Å²) in [5.41, 5.74) is 0.864. The average molecular weight is 526 g/mol. The van der Waals surface area contributed by atoms with E-state index < -0.39 is 5.82 Å². The van der Waals surface area contributed by atoms with Gasteiger partial charge in [0, 0.05) is 32.7 Å². The van der Waals surface area contributed by atoms with Gasteiger partial charge in [0.15, 0.2) is 5.96 Å². The molecule has 0 aliphatic carbocycles. The second-order valence-corrected chi connectivity index (χ2v) is 7.80. The molecule has 9 heteroatoms. The highest BCUT2D eigenvalue weighted by molar-refractivity contribution is 14.0. The number of nitrogens with one attached hydrogen (secondary N) is 2. The highest BCUT2D eigenvalue weighted by Crippen LogP contribution is 2.32. The van der Waals surface area contributed by atoms with Gasteiger partial charge in [-0.1, -0.05) is 17.7 Å². The van der Waals surface area contributed by atoms with Gasteiger partial charge in [0.1, 0.15) is 12.4 Å². The third kappa shape index (κ3) is 6.73. The second-order valence-electron chi connectivity index (χ2n) is 7.39. The highest BCUT2D eigenvalue weighted by atomic mass is 127. The Bertz CT molecular complexity index is 701. The van der Waals surface area contributed by atoms with Crippen molar-refractivity contribution in [1.82, 2.24) is 20.4 Å². The van der Waals surface area contributed by atoms with Gasteiger partial charge in [-0.05, 0) is 45.0 Å². The molecular weight excluding hydrogens is 496 g/mol. The SMILES string of the molecule is CC(C)NC(=NCC(=O)N(C)C)NC1CCN(C)C1c1ccc(Cl)c(F)c1.I. The van der Waals surface area contributed by atoms with Crippen molar-refractivity contribution < 1.29 is 9.18 Å². The predicted octanol–water partition coefficient (Wildman–Crippen LogP) is 2.87. The second kappa shape index (κ2) is 11.2. The lowest BCUT2D eigenvalue weighted by Crippen LogP contribution is -2.48. The average Bonchev–Trinajstić information content (AvgIpc) is 2.94. The van der Waals surface area contributed by atoms with Gasteiger partial charge in [-0.15, -0.1) is 24.0 Å². The number of hydrogen-bond donors (Lipinski definition) is 2. The summed E-state index contributed by atoms with van der Waals surface area (Å²) in [5.74, 6) is 0.0960. The van der Waals surface area contributed by atoms with Crippen molar-refractivity contribution in [3.63, 3.8) is 0 Å². The van der Waals surface area contributed by atoms with Crippen LogP contribution in [0.1, 0.15) is 31.9 Å². The zero-order valence-corrected chi connectivity index (χ0v) is 20.1. The van der Waals surface area contributed by atoms with Gasteiger partial charge in [-0.2, -0.15) is 0 Å². The van der Waals surface area contributed by atoms with Gasteiger partial charge >= 0.3 is 0 Å². The molecule has 6 nitrogen and oxygen atoms in total. The van der Waals surface area contributed by atoms with Crippen LogP contribution in [-0.2, 0) is 4.79 Å². The maximum Gasteiger partial charge on any atom is 0.243 e. The molecule has 2 N–H and O–H groups in total. The van der Waals surface area contributed by atoms with E-state index in [0.29, 0.717) is 5.96 Å². The van der Waals surface area contributed by atoms with Crippen molar-refractivity contribution in [1.29, 1.82) is 0 Å². The van der Waals surface area contributed by atoms with E-state index in [1.165, 1.54) is 11.0 Å². The van der Waals surface area contributed by atoms with Crippen LogP contribution in [0.15, 0.2) is 23.2 Å². The van der Waals surface area contributed by atoms with Gasteiger partial charge in [0.25, 0.3) is 0 Å². The molecule has 1 aromatic rings. The maximum atomic E-state index is 14.0. The number of likely N-dealkylation sites (N-methyl/N-ethyl adjacent to an activating group) is 2. The van der Waals surface area contributed by atoms with Crippen LogP contribution in [0, 0.1) is 5.82 Å². The molecule has 158 valence electrons. The smallest absolute Gasteiger partial charge is 0.243 e. The summed E-state index contributed by atoms with van der Waals surface area (Å²) in [7, 11) is 5.43. The summed E-state index contributed by atoms with van der Waals surface area (Å²) >= 11 is 5.83. The van der Waals surface area contributed by atoms with Crippen LogP contribution >= 0.6 is 35.6 Å². The number of guanidine groups is 1. The minimum atomic E-state index is -0.418. The summed E-state index contributed by atoms with van der Waals surface area (Å²) in [5, 5.41) is 6.81. The Morgan fingerprint density at radius 3 is 2.68 bits per heavy atom. The minimum absolute atomic E-state index is 0. The molecule has 1 aliphatic rings. The number of benzene rings is 1. The molecule has 2 atom stereocenters. The van der Waals surface area contributed by atoms with E-state index in [9.17, 15) is 9.18 Å². The molecule has 0 spiro atoms. The van der Waals surface area contributed by atoms with Crippen molar-refractivity contribution in [2.45, 2.75) is 38.4 Å². The topological polar surface area (TPSA) is 60.0 Å². The van der Waals surface area contributed by atoms with E-state index in [-0.39, 0.29) is 59.6 Å². The van der Waals surface area contributed by atoms with Crippen molar-refractivity contribution in [3.8, 4) is 0 Å². The molecule has 1 fully saturated rings. The van der Waals surface area contributed by atoms with Crippen LogP contribution in [0.5, 0.6) is 0 Å². The van der Waals surface area contributed by atoms with E-state index >= 15 is 0 Å². The number of nitrogens with zero attached hydrogens (tertiary/aromatic N) is 3. The van der Waals surface area contributed by atoms with Crippen LogP contribution in [-0.4, -0.2) is 68.0 Å². The van der Waals surface area contributed by atoms with Crippen molar-refractivity contribution >= 4 is 47.4 Å². The minimum Gasteiger partial charge on any atom is -0.354 e. The van der Waals surface area contributed by atoms with Crippen LogP contribution in [0.4, 0.5) is 4.39 Å². The van der Waals surface area contributed by atoms with E-state index in [4.69, 9.17) is 11.6 Å². The number of likely N-dealkylation sites (tertiary alicyclic amines) is 1. The Morgan fingerprint density at radius 2 is 2.11 bits per heavy atom. The predicted molar refractivity (Wildman–Crippen MR) is 123 cm³/mol. The third-order valence-electron chi connectivity index (χ3n) is 4.55. The molecule has 0 saturated carbocycles. The first kappa shape index (κ1) is 24.9. The molecule has 0 radical (unpaired) electrons. The number of halogens is 3. The van der Waals surface area contributed by atoms with Gasteiger partial charge in [0.05, 0.1) is 11.1 Å². The van der Waals surface area contributed by atoms with E-state index in [2.05, 4.69) is 20.5 Å². The highest BCUT2D eigenvalue weighted by Gasteiger charge is 2.34. The molecule has 2 unspecified atom stereocenters. The first-order chi connectivity index (χ1) is 12.7. The Hall–Kier alpha value is -1.13. The van der Waals surface area contributed by atoms with Crippen LogP contribution in [0.2, 0.25) is 5.02 Å². The summed E-state index contributed by atoms with van der Waals surface area (Å²) in [4.78, 5) is 20.0. The molecule has 1 aromatic carbocycles. The summed E-state index contributed by atoms with van der Waals surface area (Å²) in [6.07, 6.45) is 0.881. The summed E-state index contributed by atoms with van der Waals surface area (Å²) in [6.45, 7) is 4.96. The van der Waals surface area contributed by atoms with E-state index in [1.807, 2.05) is 27.0 Å². The van der Waals surface area contributed by atoms with Gasteiger partial charge in [-0.3, -0.25) is 9.69 Å². The lowest BCUT2D eigenvalue weighted by Gasteiger charge is -2.28. The fourth-order valence-electron chi connectivity index (χ4n) is 3.15. The molecule has 1 aliphatic heterocycles. The molecule has 1 heterocycles. The first-order valence-electron chi connectivity index (χ1n) is 9.12. The van der Waals surface area contributed by atoms with E-state index in [0.717, 1.165) is 18.5 Å². The van der Waals surface area contributed by atoms with Crippen LogP contribution in [0.25, 0.3) is 0 Å². The third-order valence-corrected chi connectivity index (χ3v) is 4.86. The molecule has 28 heavy (non-hydrogen) atoms. The zero-order valence-electron chi connectivity index (χ0n) is 17.0. The Morgan fingerprint density at radius 1 is 1.43 bits per heavy atom. The fraction of sp³-hybridized carbons (Fsp3) is 0.579. The van der Waals surface area contributed by atoms with E-state index in [1.54, 1.807) is 20.2 Å². The molecule has 2 rings (SSSR count). The molecule has 0 bridgehead atoms. The fourth-order valence-corrected chi connectivity index (χ4v) is 3.27. The zero-order chi connectivity index (χ0) is 20.1. The first-order valence-corrected chi connectivity index (χ1v) is 9.49. The lowest BCUT2D eigenvalue weighted by atomic mass is 10.00. The summed E-state index contributed by atoms with van der Waals surface area (Å²) in [6, 6.07) is 5.12. The number of hydrogen-bond acceptors (Lipinski definition) is 3. The van der Waals surface area contributed by atoms with Crippen LogP contribution in [0.3, 0.4) is 0 Å².